The summed E-state index contributed by atoms with van der Waals surface area (Å²) in [6.07, 6.45) is 1.70. The zero-order chi connectivity index (χ0) is 28.5. The Morgan fingerprint density at radius 2 is 1.52 bits per heavy atom. The highest BCUT2D eigenvalue weighted by atomic mass is 32.2. The number of sulfonamides is 1. The molecule has 0 atom stereocenters. The molecule has 0 unspecified atom stereocenters. The minimum absolute atomic E-state index is 0.271. The van der Waals surface area contributed by atoms with Crippen LogP contribution in [-0.2, 0) is 33.1 Å². The molecule has 0 saturated heterocycles. The molecule has 0 aliphatic heterocycles. The van der Waals surface area contributed by atoms with E-state index >= 15 is 0 Å². The summed E-state index contributed by atoms with van der Waals surface area (Å²) in [4.78, 5) is 12.5. The Hall–Kier alpha value is -3.85. The van der Waals surface area contributed by atoms with Gasteiger partial charge >= 0.3 is 0 Å². The molecule has 1 amide bonds. The van der Waals surface area contributed by atoms with E-state index in [1.165, 1.54) is 0 Å². The maximum atomic E-state index is 15.0. The van der Waals surface area contributed by atoms with E-state index < -0.39 is 33.7 Å². The van der Waals surface area contributed by atoms with Gasteiger partial charge in [-0.2, -0.15) is 0 Å². The van der Waals surface area contributed by atoms with Crippen molar-refractivity contribution in [3.8, 4) is 22.5 Å². The number of halogens is 2. The summed E-state index contributed by atoms with van der Waals surface area (Å²) in [5.41, 5.74) is 4.13. The molecule has 0 spiro atoms. The van der Waals surface area contributed by atoms with E-state index in [0.29, 0.717) is 35.4 Å². The summed E-state index contributed by atoms with van der Waals surface area (Å²) in [5.74, 6) is -3.08. The van der Waals surface area contributed by atoms with E-state index in [9.17, 15) is 22.0 Å². The molecule has 40 heavy (non-hydrogen) atoms. The average molecular weight is 565 g/mol. The van der Waals surface area contributed by atoms with Crippen molar-refractivity contribution in [1.29, 1.82) is 0 Å². The Labute approximate surface area is 232 Å². The lowest BCUT2D eigenvalue weighted by atomic mass is 9.92. The van der Waals surface area contributed by atoms with Crippen molar-refractivity contribution < 1.29 is 26.5 Å². The van der Waals surface area contributed by atoms with E-state index in [0.717, 1.165) is 28.5 Å². The van der Waals surface area contributed by atoms with Crippen molar-refractivity contribution in [3.05, 3.63) is 101 Å². The molecule has 9 heteroatoms. The molecular formula is C31H30F2N2O4S. The molecule has 1 aliphatic rings. The van der Waals surface area contributed by atoms with Crippen LogP contribution in [0.1, 0.15) is 41.6 Å². The molecule has 6 nitrogen and oxygen atoms in total. The number of hydrogen-bond donors (Lipinski definition) is 1. The molecule has 1 aromatic heterocycles. The van der Waals surface area contributed by atoms with E-state index in [1.54, 1.807) is 6.92 Å². The Balaban J connectivity index is 1.30. The first-order valence-corrected chi connectivity index (χ1v) is 15.0. The predicted molar refractivity (Wildman–Crippen MR) is 149 cm³/mol. The Bertz CT molecular complexity index is 1610. The largest absolute Gasteiger partial charge is 0.356 e. The van der Waals surface area contributed by atoms with E-state index in [4.69, 9.17) is 4.52 Å². The second-order valence-corrected chi connectivity index (χ2v) is 12.3. The quantitative estimate of drug-likeness (QED) is 0.247. The summed E-state index contributed by atoms with van der Waals surface area (Å²) in [7, 11) is -3.63. The highest BCUT2D eigenvalue weighted by Gasteiger charge is 2.52. The summed E-state index contributed by atoms with van der Waals surface area (Å²) >= 11 is 0. The lowest BCUT2D eigenvalue weighted by molar-refractivity contribution is -0.121. The second-order valence-electron chi connectivity index (χ2n) is 10.5. The van der Waals surface area contributed by atoms with Crippen molar-refractivity contribution in [2.75, 3.05) is 6.26 Å². The van der Waals surface area contributed by atoms with Gasteiger partial charge in [0.2, 0.25) is 15.9 Å². The number of aromatic nitrogens is 1. The van der Waals surface area contributed by atoms with Crippen molar-refractivity contribution >= 4 is 15.9 Å². The zero-order valence-electron chi connectivity index (χ0n) is 22.3. The smallest absolute Gasteiger partial charge is 0.252 e. The zero-order valence-corrected chi connectivity index (χ0v) is 23.1. The highest BCUT2D eigenvalue weighted by Crippen LogP contribution is 2.49. The van der Waals surface area contributed by atoms with Crippen LogP contribution < -0.4 is 4.72 Å². The van der Waals surface area contributed by atoms with Crippen LogP contribution in [0.15, 0.2) is 83.4 Å². The molecule has 1 heterocycles. The number of aryl methyl sites for hydroxylation is 2. The predicted octanol–water partition coefficient (Wildman–Crippen LogP) is 6.24. The van der Waals surface area contributed by atoms with E-state index in [2.05, 4.69) is 9.88 Å². The lowest BCUT2D eigenvalue weighted by Gasteiger charge is -2.17. The average Bonchev–Trinajstić information content (AvgIpc) is 3.67. The SMILES string of the molecule is Cc1noc(-c2ccc(-c3ccc(C4(C(=O)NS(C)(=O)=O)CC4)cc3)cc2)c1CC(F)(F)CCc1ccccc1. The summed E-state index contributed by atoms with van der Waals surface area (Å²) in [6, 6.07) is 24.1. The van der Waals surface area contributed by atoms with Crippen LogP contribution in [0.4, 0.5) is 8.78 Å². The Morgan fingerprint density at radius 3 is 2.10 bits per heavy atom. The number of alkyl halides is 2. The fourth-order valence-electron chi connectivity index (χ4n) is 4.98. The number of carbonyl (C=O) groups is 1. The topological polar surface area (TPSA) is 89.3 Å². The van der Waals surface area contributed by atoms with Crippen molar-refractivity contribution in [2.24, 2.45) is 0 Å². The van der Waals surface area contributed by atoms with Crippen LogP contribution in [0, 0.1) is 6.92 Å². The number of nitrogens with one attached hydrogen (secondary N) is 1. The number of rotatable bonds is 10. The Morgan fingerprint density at radius 1 is 0.950 bits per heavy atom. The molecule has 1 aliphatic carbocycles. The fraction of sp³-hybridized carbons (Fsp3) is 0.290. The van der Waals surface area contributed by atoms with Gasteiger partial charge in [-0.1, -0.05) is 84.0 Å². The van der Waals surface area contributed by atoms with Crippen LogP contribution in [0.2, 0.25) is 0 Å². The maximum absolute atomic E-state index is 15.0. The van der Waals surface area contributed by atoms with Crippen LogP contribution in [0.3, 0.4) is 0 Å². The van der Waals surface area contributed by atoms with Gasteiger partial charge in [0.25, 0.3) is 5.92 Å². The molecule has 1 saturated carbocycles. The number of carbonyl (C=O) groups excluding carboxylic acids is 1. The number of benzene rings is 3. The van der Waals surface area contributed by atoms with Gasteiger partial charge in [-0.15, -0.1) is 0 Å². The van der Waals surface area contributed by atoms with Gasteiger partial charge in [0.05, 0.1) is 17.4 Å². The van der Waals surface area contributed by atoms with Gasteiger partial charge in [-0.3, -0.25) is 9.52 Å². The molecule has 1 N–H and O–H groups in total. The molecule has 1 fully saturated rings. The number of nitrogens with zero attached hydrogens (tertiary/aromatic N) is 1. The van der Waals surface area contributed by atoms with Gasteiger partial charge in [-0.05, 0) is 48.4 Å². The normalized spacial score (nSPS) is 14.6. The van der Waals surface area contributed by atoms with Crippen LogP contribution in [-0.4, -0.2) is 31.7 Å². The lowest BCUT2D eigenvalue weighted by Crippen LogP contribution is -2.38. The van der Waals surface area contributed by atoms with E-state index in [-0.39, 0.29) is 12.8 Å². The van der Waals surface area contributed by atoms with Gasteiger partial charge in [-0.25, -0.2) is 17.2 Å². The summed E-state index contributed by atoms with van der Waals surface area (Å²) in [5, 5.41) is 3.97. The van der Waals surface area contributed by atoms with Gasteiger partial charge < -0.3 is 4.52 Å². The van der Waals surface area contributed by atoms with Gasteiger partial charge in [0.1, 0.15) is 0 Å². The molecule has 5 rings (SSSR count). The molecule has 0 bridgehead atoms. The van der Waals surface area contributed by atoms with Crippen LogP contribution in [0.5, 0.6) is 0 Å². The molecule has 3 aromatic carbocycles. The van der Waals surface area contributed by atoms with Crippen LogP contribution in [0.25, 0.3) is 22.5 Å². The third-order valence-electron chi connectivity index (χ3n) is 7.42. The van der Waals surface area contributed by atoms with Crippen LogP contribution >= 0.6 is 0 Å². The van der Waals surface area contributed by atoms with Crippen molar-refractivity contribution in [2.45, 2.75) is 50.4 Å². The molecule has 208 valence electrons. The first kappa shape index (κ1) is 27.7. The number of amides is 1. The molecular weight excluding hydrogens is 534 g/mol. The molecule has 4 aromatic rings. The maximum Gasteiger partial charge on any atom is 0.252 e. The van der Waals surface area contributed by atoms with Crippen molar-refractivity contribution in [3.63, 3.8) is 0 Å². The number of hydrogen-bond acceptors (Lipinski definition) is 5. The summed E-state index contributed by atoms with van der Waals surface area (Å²) < 4.78 is 60.5. The minimum atomic E-state index is -3.63. The molecule has 0 radical (unpaired) electrons. The Kier molecular flexibility index (Phi) is 7.35. The third kappa shape index (κ3) is 6.14. The third-order valence-corrected chi connectivity index (χ3v) is 7.98. The minimum Gasteiger partial charge on any atom is -0.356 e. The first-order chi connectivity index (χ1) is 19.0. The highest BCUT2D eigenvalue weighted by molar-refractivity contribution is 7.89. The van der Waals surface area contributed by atoms with E-state index in [1.807, 2.05) is 78.9 Å². The first-order valence-electron chi connectivity index (χ1n) is 13.1. The second kappa shape index (κ2) is 10.6. The summed E-state index contributed by atoms with van der Waals surface area (Å²) in [6.45, 7) is 1.67. The van der Waals surface area contributed by atoms with Gasteiger partial charge in [0, 0.05) is 24.0 Å². The fourth-order valence-corrected chi connectivity index (χ4v) is 5.51. The monoisotopic (exact) mass is 564 g/mol. The van der Waals surface area contributed by atoms with Crippen molar-refractivity contribution in [1.82, 2.24) is 9.88 Å². The van der Waals surface area contributed by atoms with Gasteiger partial charge in [0.15, 0.2) is 5.76 Å². The standard InChI is InChI=1S/C31H30F2N2O4S/c1-21-27(20-31(32,33)17-16-22-6-4-3-5-7-22)28(39-34-21)25-10-8-23(9-11-25)24-12-14-26(15-13-24)30(18-19-30)29(36)35-40(2,37)38/h3-15H,16-20H2,1-2H3,(H,35,36).